The van der Waals surface area contributed by atoms with E-state index >= 15 is 0 Å². The van der Waals surface area contributed by atoms with Crippen LogP contribution in [0.3, 0.4) is 0 Å². The number of rotatable bonds is 5. The summed E-state index contributed by atoms with van der Waals surface area (Å²) in [5, 5.41) is 29.5. The Hall–Kier alpha value is -3.04. The molecular formula is C11H13N7O3. The highest BCUT2D eigenvalue weighted by Gasteiger charge is 2.19. The first-order chi connectivity index (χ1) is 10.0. The van der Waals surface area contributed by atoms with Crippen molar-refractivity contribution in [2.45, 2.75) is 13.0 Å². The summed E-state index contributed by atoms with van der Waals surface area (Å²) in [5.74, 6) is -0.136. The van der Waals surface area contributed by atoms with E-state index in [-0.39, 0.29) is 11.3 Å². The molecule has 3 N–H and O–H groups in total. The van der Waals surface area contributed by atoms with Crippen LogP contribution in [-0.2, 0) is 0 Å². The summed E-state index contributed by atoms with van der Waals surface area (Å²) < 4.78 is 0. The minimum Gasteiger partial charge on any atom is -0.383 e. The molecule has 110 valence electrons. The summed E-state index contributed by atoms with van der Waals surface area (Å²) >= 11 is 0. The number of nitrogens with one attached hydrogen (secondary N) is 3. The molecule has 0 aliphatic rings. The van der Waals surface area contributed by atoms with E-state index < -0.39 is 16.9 Å². The number of aromatic nitrogens is 4. The van der Waals surface area contributed by atoms with E-state index in [2.05, 4.69) is 31.3 Å². The van der Waals surface area contributed by atoms with E-state index in [9.17, 15) is 14.9 Å². The largest absolute Gasteiger partial charge is 0.383 e. The Morgan fingerprint density at radius 1 is 1.48 bits per heavy atom. The number of tetrazole rings is 1. The first-order valence-electron chi connectivity index (χ1n) is 6.03. The molecule has 0 bridgehead atoms. The Labute approximate surface area is 119 Å². The summed E-state index contributed by atoms with van der Waals surface area (Å²) in [6.07, 6.45) is 0. The zero-order valence-electron chi connectivity index (χ0n) is 11.3. The number of hydrogen-bond acceptors (Lipinski definition) is 7. The number of anilines is 1. The first kappa shape index (κ1) is 14.4. The smallest absolute Gasteiger partial charge is 0.293 e. The molecule has 0 aliphatic carbocycles. The van der Waals surface area contributed by atoms with Gasteiger partial charge in [0.1, 0.15) is 5.69 Å². The standard InChI is InChI=1S/C11H13N7O3/c1-6(10-14-16-17-15-10)13-11(19)7-3-4-8(12-2)9(5-7)18(20)21/h3-6,12H,1-2H3,(H,13,19)(H,14,15,16,17). The predicted octanol–water partition coefficient (Wildman–Crippen LogP) is 0.641. The maximum absolute atomic E-state index is 12.1. The molecule has 0 radical (unpaired) electrons. The number of carbonyl (C=O) groups is 1. The molecule has 10 nitrogen and oxygen atoms in total. The summed E-state index contributed by atoms with van der Waals surface area (Å²) in [4.78, 5) is 22.5. The van der Waals surface area contributed by atoms with Gasteiger partial charge >= 0.3 is 0 Å². The molecule has 1 aromatic heterocycles. The fraction of sp³-hybridized carbons (Fsp3) is 0.273. The number of aromatic amines is 1. The van der Waals surface area contributed by atoms with Crippen LogP contribution in [0.2, 0.25) is 0 Å². The third kappa shape index (κ3) is 3.11. The van der Waals surface area contributed by atoms with Crippen molar-refractivity contribution >= 4 is 17.3 Å². The van der Waals surface area contributed by atoms with Crippen molar-refractivity contribution in [1.82, 2.24) is 25.9 Å². The summed E-state index contributed by atoms with van der Waals surface area (Å²) in [5.41, 5.74) is 0.344. The van der Waals surface area contributed by atoms with E-state index in [0.717, 1.165) is 0 Å². The molecule has 2 aromatic rings. The molecule has 1 amide bonds. The van der Waals surface area contributed by atoms with Crippen LogP contribution in [0.1, 0.15) is 29.1 Å². The maximum atomic E-state index is 12.1. The van der Waals surface area contributed by atoms with Gasteiger partial charge in [0.05, 0.1) is 11.0 Å². The number of benzene rings is 1. The normalized spacial score (nSPS) is 11.7. The van der Waals surface area contributed by atoms with Crippen LogP contribution < -0.4 is 10.6 Å². The van der Waals surface area contributed by atoms with Gasteiger partial charge in [0, 0.05) is 18.7 Å². The number of amides is 1. The van der Waals surface area contributed by atoms with Gasteiger partial charge in [-0.25, -0.2) is 0 Å². The fourth-order valence-corrected chi connectivity index (χ4v) is 1.73. The third-order valence-electron chi connectivity index (χ3n) is 2.82. The van der Waals surface area contributed by atoms with Gasteiger partial charge in [-0.1, -0.05) is 5.21 Å². The van der Waals surface area contributed by atoms with Crippen molar-refractivity contribution in [2.75, 3.05) is 12.4 Å². The fourth-order valence-electron chi connectivity index (χ4n) is 1.73. The van der Waals surface area contributed by atoms with E-state index in [1.54, 1.807) is 14.0 Å². The molecule has 1 aromatic carbocycles. The van der Waals surface area contributed by atoms with Crippen molar-refractivity contribution in [3.05, 3.63) is 39.7 Å². The van der Waals surface area contributed by atoms with E-state index in [0.29, 0.717) is 11.5 Å². The van der Waals surface area contributed by atoms with Crippen LogP contribution in [0.15, 0.2) is 18.2 Å². The molecule has 1 unspecified atom stereocenters. The van der Waals surface area contributed by atoms with Crippen LogP contribution in [-0.4, -0.2) is 38.5 Å². The number of nitro benzene ring substituents is 1. The van der Waals surface area contributed by atoms with E-state index in [1.807, 2.05) is 0 Å². The quantitative estimate of drug-likeness (QED) is 0.542. The third-order valence-corrected chi connectivity index (χ3v) is 2.82. The Bertz CT molecular complexity index is 656. The molecule has 1 atom stereocenters. The number of carbonyl (C=O) groups excluding carboxylic acids is 1. The van der Waals surface area contributed by atoms with Crippen molar-refractivity contribution in [1.29, 1.82) is 0 Å². The Kier molecular flexibility index (Phi) is 4.07. The summed E-state index contributed by atoms with van der Waals surface area (Å²) in [6, 6.07) is 3.71. The van der Waals surface area contributed by atoms with E-state index in [1.165, 1.54) is 18.2 Å². The molecule has 0 saturated heterocycles. The highest BCUT2D eigenvalue weighted by molar-refractivity contribution is 5.95. The molecule has 0 spiro atoms. The molecule has 0 fully saturated rings. The Morgan fingerprint density at radius 2 is 2.24 bits per heavy atom. The van der Waals surface area contributed by atoms with Gasteiger partial charge in [0.25, 0.3) is 11.6 Å². The lowest BCUT2D eigenvalue weighted by atomic mass is 10.1. The van der Waals surface area contributed by atoms with Crippen LogP contribution in [0.4, 0.5) is 11.4 Å². The van der Waals surface area contributed by atoms with E-state index in [4.69, 9.17) is 0 Å². The van der Waals surface area contributed by atoms with Crippen molar-refractivity contribution in [3.63, 3.8) is 0 Å². The first-order valence-corrected chi connectivity index (χ1v) is 6.03. The van der Waals surface area contributed by atoms with Crippen LogP contribution in [0.25, 0.3) is 0 Å². The zero-order chi connectivity index (χ0) is 15.4. The second-order valence-electron chi connectivity index (χ2n) is 4.20. The highest BCUT2D eigenvalue weighted by Crippen LogP contribution is 2.25. The lowest BCUT2D eigenvalue weighted by molar-refractivity contribution is -0.384. The van der Waals surface area contributed by atoms with Gasteiger partial charge in [-0.3, -0.25) is 14.9 Å². The van der Waals surface area contributed by atoms with Crippen molar-refractivity contribution in [3.8, 4) is 0 Å². The highest BCUT2D eigenvalue weighted by atomic mass is 16.6. The number of hydrogen-bond donors (Lipinski definition) is 3. The van der Waals surface area contributed by atoms with Crippen LogP contribution in [0, 0.1) is 10.1 Å². The van der Waals surface area contributed by atoms with Crippen LogP contribution in [0.5, 0.6) is 0 Å². The molecule has 1 heterocycles. The van der Waals surface area contributed by atoms with Crippen molar-refractivity contribution < 1.29 is 9.72 Å². The number of nitro groups is 1. The topological polar surface area (TPSA) is 139 Å². The molecule has 10 heteroatoms. The van der Waals surface area contributed by atoms with Gasteiger partial charge in [-0.05, 0) is 19.1 Å². The van der Waals surface area contributed by atoms with Gasteiger partial charge in [0.15, 0.2) is 5.82 Å². The van der Waals surface area contributed by atoms with Crippen molar-refractivity contribution in [2.24, 2.45) is 0 Å². The molecule has 2 rings (SSSR count). The monoisotopic (exact) mass is 291 g/mol. The molecular weight excluding hydrogens is 278 g/mol. The summed E-state index contributed by atoms with van der Waals surface area (Å²) in [6.45, 7) is 1.68. The van der Waals surface area contributed by atoms with Gasteiger partial charge in [0.2, 0.25) is 0 Å². The van der Waals surface area contributed by atoms with Gasteiger partial charge in [-0.2, -0.15) is 5.21 Å². The SMILES string of the molecule is CNc1ccc(C(=O)NC(C)c2nn[nH]n2)cc1[N+](=O)[O-]. The minimum absolute atomic E-state index is 0.169. The predicted molar refractivity (Wildman–Crippen MR) is 72.7 cm³/mol. The van der Waals surface area contributed by atoms with Gasteiger partial charge in [-0.15, -0.1) is 10.2 Å². The lowest BCUT2D eigenvalue weighted by Crippen LogP contribution is -2.27. The average molecular weight is 291 g/mol. The summed E-state index contributed by atoms with van der Waals surface area (Å²) in [7, 11) is 1.57. The molecule has 0 aliphatic heterocycles. The average Bonchev–Trinajstić information content (AvgIpc) is 3.00. The maximum Gasteiger partial charge on any atom is 0.293 e. The minimum atomic E-state index is -0.550. The Morgan fingerprint density at radius 3 is 2.81 bits per heavy atom. The second-order valence-corrected chi connectivity index (χ2v) is 4.20. The zero-order valence-corrected chi connectivity index (χ0v) is 11.3. The lowest BCUT2D eigenvalue weighted by Gasteiger charge is -2.10. The Balaban J connectivity index is 2.19. The number of nitrogens with zero attached hydrogens (tertiary/aromatic N) is 4. The molecule has 21 heavy (non-hydrogen) atoms. The molecule has 0 saturated carbocycles. The van der Waals surface area contributed by atoms with Gasteiger partial charge < -0.3 is 10.6 Å². The second kappa shape index (κ2) is 5.94. The van der Waals surface area contributed by atoms with Crippen LogP contribution >= 0.6 is 0 Å². The number of H-pyrrole nitrogens is 1.